The van der Waals surface area contributed by atoms with Gasteiger partial charge in [0.2, 0.25) is 0 Å². The van der Waals surface area contributed by atoms with Gasteiger partial charge in [0.1, 0.15) is 37.1 Å². The number of phenols is 1. The minimum atomic E-state index is -1.56. The largest absolute Gasteiger partial charge is 0.508 e. The van der Waals surface area contributed by atoms with E-state index in [0.29, 0.717) is 6.54 Å². The molecule has 1 aliphatic rings. The molecule has 1 saturated heterocycles. The number of aromatic hydroxyl groups is 1. The van der Waals surface area contributed by atoms with Gasteiger partial charge in [-0.15, -0.1) is 10.9 Å². The fourth-order valence-corrected chi connectivity index (χ4v) is 2.85. The molecule has 0 amide bonds. The van der Waals surface area contributed by atoms with Crippen molar-refractivity contribution < 1.29 is 5.11 Å². The molecule has 21 heavy (non-hydrogen) atoms. The van der Waals surface area contributed by atoms with Crippen LogP contribution >= 0.6 is 0 Å². The van der Waals surface area contributed by atoms with Gasteiger partial charge in [-0.25, -0.2) is 0 Å². The molecule has 1 heterocycles. The van der Waals surface area contributed by atoms with Crippen LogP contribution in [0.3, 0.4) is 0 Å². The van der Waals surface area contributed by atoms with Crippen LogP contribution < -0.4 is 27.6 Å². The third-order valence-electron chi connectivity index (χ3n) is 4.32. The molecule has 12 radical (unpaired) electrons. The van der Waals surface area contributed by atoms with Crippen molar-refractivity contribution >= 4 is 68.9 Å². The lowest BCUT2D eigenvalue weighted by atomic mass is 9.51. The number of likely N-dealkylation sites (tertiary alicyclic amines) is 1. The van der Waals surface area contributed by atoms with Crippen LogP contribution in [0.4, 0.5) is 0 Å². The Labute approximate surface area is 133 Å². The van der Waals surface area contributed by atoms with Crippen molar-refractivity contribution in [2.24, 2.45) is 5.73 Å². The molecule has 9 heteroatoms. The quantitative estimate of drug-likeness (QED) is 0.529. The molecular formula is C12H12B6N2O. The second-order valence-corrected chi connectivity index (χ2v) is 5.59. The maximum absolute atomic E-state index is 10.3. The highest BCUT2D eigenvalue weighted by Gasteiger charge is 2.40. The molecule has 94 valence electrons. The minimum absolute atomic E-state index is 0.00993. The van der Waals surface area contributed by atoms with Crippen molar-refractivity contribution in [1.29, 1.82) is 0 Å². The Morgan fingerprint density at radius 3 is 2.10 bits per heavy atom. The van der Waals surface area contributed by atoms with Crippen LogP contribution in [-0.2, 0) is 5.34 Å². The van der Waals surface area contributed by atoms with Gasteiger partial charge in [0.05, 0.1) is 15.7 Å². The van der Waals surface area contributed by atoms with Crippen LogP contribution in [-0.4, -0.2) is 75.7 Å². The highest BCUT2D eigenvalue weighted by molar-refractivity contribution is 6.64. The lowest BCUT2D eigenvalue weighted by molar-refractivity contribution is 0.208. The second kappa shape index (κ2) is 5.51. The summed E-state index contributed by atoms with van der Waals surface area (Å²) in [6.07, 6.45) is 0.734. The number of phenolic OH excluding ortho intramolecular Hbond substituents is 1. The van der Waals surface area contributed by atoms with E-state index in [4.69, 9.17) is 52.8 Å². The topological polar surface area (TPSA) is 49.5 Å². The molecule has 3 N–H and O–H groups in total. The van der Waals surface area contributed by atoms with Gasteiger partial charge in [-0.2, -0.15) is 0 Å². The number of benzene rings is 1. The van der Waals surface area contributed by atoms with Crippen molar-refractivity contribution in [1.82, 2.24) is 4.90 Å². The molecule has 0 aromatic heterocycles. The Kier molecular flexibility index (Phi) is 4.38. The summed E-state index contributed by atoms with van der Waals surface area (Å²) >= 11 is 0. The van der Waals surface area contributed by atoms with Crippen LogP contribution in [0, 0.1) is 0 Å². The predicted octanol–water partition coefficient (Wildman–Crippen LogP) is -4.56. The van der Waals surface area contributed by atoms with Crippen molar-refractivity contribution in [3.8, 4) is 5.75 Å². The zero-order chi connectivity index (χ0) is 16.1. The molecular weight excluding hydrogens is 253 g/mol. The maximum Gasteiger partial charge on any atom is 0.118 e. The molecule has 2 atom stereocenters. The zero-order valence-electron chi connectivity index (χ0n) is 12.0. The molecule has 1 aromatic carbocycles. The van der Waals surface area contributed by atoms with Crippen molar-refractivity contribution in [2.75, 3.05) is 6.54 Å². The van der Waals surface area contributed by atoms with Gasteiger partial charge in [0.25, 0.3) is 0 Å². The molecule has 0 spiro atoms. The third kappa shape index (κ3) is 2.49. The van der Waals surface area contributed by atoms with Gasteiger partial charge in [-0.05, 0) is 30.8 Å². The van der Waals surface area contributed by atoms with Gasteiger partial charge < -0.3 is 15.7 Å². The van der Waals surface area contributed by atoms with Crippen molar-refractivity contribution in [3.05, 3.63) is 5.56 Å². The van der Waals surface area contributed by atoms with Crippen LogP contribution in [0.5, 0.6) is 5.75 Å². The van der Waals surface area contributed by atoms with E-state index in [9.17, 15) is 5.11 Å². The second-order valence-electron chi connectivity index (χ2n) is 5.59. The number of rotatable bonds is 2. The molecule has 1 aliphatic heterocycles. The van der Waals surface area contributed by atoms with Crippen LogP contribution in [0.15, 0.2) is 0 Å². The summed E-state index contributed by atoms with van der Waals surface area (Å²) in [6, 6.07) is -0.151. The minimum Gasteiger partial charge on any atom is -0.508 e. The van der Waals surface area contributed by atoms with E-state index in [0.717, 1.165) is 6.42 Å². The Hall–Kier alpha value is -0.670. The number of nitrogens with zero attached hydrogens (tertiary/aromatic N) is 1. The molecule has 0 unspecified atom stereocenters. The standard InChI is InChI=1S/C12H12B6N2O/c1-4-5(19)2-3-20(4)12(17,18)6-7(13)8(14)9(15)10(16)11(6)21/h4-5,21H,2-3,19H2,1H3/t4-,5-/m1/s1. The Balaban J connectivity index is 2.60. The maximum atomic E-state index is 10.3. The van der Waals surface area contributed by atoms with E-state index in [-0.39, 0.29) is 45.2 Å². The summed E-state index contributed by atoms with van der Waals surface area (Å²) in [7, 11) is 35.7. The summed E-state index contributed by atoms with van der Waals surface area (Å²) in [6.45, 7) is 2.47. The molecule has 0 aliphatic carbocycles. The first-order chi connectivity index (χ1) is 9.60. The van der Waals surface area contributed by atoms with Crippen LogP contribution in [0.25, 0.3) is 0 Å². The van der Waals surface area contributed by atoms with Gasteiger partial charge in [-0.1, -0.05) is 10.9 Å². The first-order valence-electron chi connectivity index (χ1n) is 6.66. The average Bonchev–Trinajstić information content (AvgIpc) is 2.75. The lowest BCUT2D eigenvalue weighted by Crippen LogP contribution is -2.58. The molecule has 0 saturated carbocycles. The van der Waals surface area contributed by atoms with Crippen molar-refractivity contribution in [3.63, 3.8) is 0 Å². The van der Waals surface area contributed by atoms with E-state index < -0.39 is 5.34 Å². The first kappa shape index (κ1) is 16.7. The number of hydrogen-bond acceptors (Lipinski definition) is 3. The van der Waals surface area contributed by atoms with Gasteiger partial charge in [0.15, 0.2) is 0 Å². The van der Waals surface area contributed by atoms with Crippen LogP contribution in [0.2, 0.25) is 0 Å². The molecule has 3 nitrogen and oxygen atoms in total. The third-order valence-corrected chi connectivity index (χ3v) is 4.32. The van der Waals surface area contributed by atoms with E-state index in [2.05, 4.69) is 0 Å². The van der Waals surface area contributed by atoms with E-state index in [1.165, 1.54) is 0 Å². The smallest absolute Gasteiger partial charge is 0.118 e. The Morgan fingerprint density at radius 1 is 1.10 bits per heavy atom. The van der Waals surface area contributed by atoms with Crippen LogP contribution in [0.1, 0.15) is 18.9 Å². The Morgan fingerprint density at radius 2 is 1.62 bits per heavy atom. The number of hydrogen-bond donors (Lipinski definition) is 2. The van der Waals surface area contributed by atoms with Gasteiger partial charge in [0, 0.05) is 12.1 Å². The number of nitrogens with two attached hydrogens (primary N) is 1. The summed E-state index contributed by atoms with van der Waals surface area (Å²) in [4.78, 5) is 1.76. The molecule has 1 aromatic rings. The normalized spacial score (nSPS) is 23.5. The SMILES string of the molecule is [B]c1c([B])c([B])c(C([B])([B])N2CC[C@@H](N)[C@H]2C)c(O)c1[B]. The summed E-state index contributed by atoms with van der Waals surface area (Å²) in [5, 5.41) is 8.72. The summed E-state index contributed by atoms with van der Waals surface area (Å²) in [5.74, 6) is -0.350. The molecule has 0 bridgehead atoms. The van der Waals surface area contributed by atoms with E-state index in [1.54, 1.807) is 4.90 Å². The predicted molar refractivity (Wildman–Crippen MR) is 91.6 cm³/mol. The zero-order valence-corrected chi connectivity index (χ0v) is 12.0. The fourth-order valence-electron chi connectivity index (χ4n) is 2.85. The van der Waals surface area contributed by atoms with E-state index >= 15 is 0 Å². The molecule has 1 fully saturated rings. The monoisotopic (exact) mass is 266 g/mol. The lowest BCUT2D eigenvalue weighted by Gasteiger charge is -2.43. The van der Waals surface area contributed by atoms with E-state index in [1.807, 2.05) is 6.92 Å². The fraction of sp³-hybridized carbons (Fsp3) is 0.500. The van der Waals surface area contributed by atoms with Crippen molar-refractivity contribution in [2.45, 2.75) is 30.8 Å². The molecule has 2 rings (SSSR count). The Bertz CT molecular complexity index is 550. The highest BCUT2D eigenvalue weighted by Crippen LogP contribution is 2.31. The summed E-state index contributed by atoms with van der Waals surface area (Å²) < 4.78 is 0. The average molecular weight is 265 g/mol. The van der Waals surface area contributed by atoms with Gasteiger partial charge >= 0.3 is 0 Å². The van der Waals surface area contributed by atoms with Gasteiger partial charge in [-0.3, -0.25) is 0 Å². The highest BCUT2D eigenvalue weighted by atomic mass is 16.3. The first-order valence-corrected chi connectivity index (χ1v) is 6.66. The summed E-state index contributed by atoms with van der Waals surface area (Å²) in [5.41, 5.74) is 6.05.